The van der Waals surface area contributed by atoms with E-state index in [1.165, 1.54) is 12.1 Å². The number of rotatable bonds is 14. The molecule has 1 aliphatic heterocycles. The van der Waals surface area contributed by atoms with E-state index in [1.807, 2.05) is 13.8 Å². The van der Waals surface area contributed by atoms with Crippen LogP contribution in [-0.2, 0) is 29.2 Å². The highest BCUT2D eigenvalue weighted by Crippen LogP contribution is 2.21. The van der Waals surface area contributed by atoms with E-state index in [2.05, 4.69) is 36.6 Å². The SMILES string of the molecule is CC(C)COC(=O)NCc1cn(CCCCN2C=C(C(=O)NCc3cccc(OC(C)(F)F)c3)NN2)nn1. The normalized spacial score (nSPS) is 13.2. The molecular formula is C24H34F2N8O4. The molecule has 0 fully saturated rings. The zero-order valence-corrected chi connectivity index (χ0v) is 21.7. The molecule has 0 bridgehead atoms. The molecule has 2 heterocycles. The minimum Gasteiger partial charge on any atom is -0.449 e. The first-order valence-corrected chi connectivity index (χ1v) is 12.3. The van der Waals surface area contributed by atoms with Gasteiger partial charge in [-0.15, -0.1) is 10.6 Å². The van der Waals surface area contributed by atoms with E-state index in [0.29, 0.717) is 43.6 Å². The molecule has 0 unspecified atom stereocenters. The number of aryl methyl sites for hydroxylation is 1. The standard InChI is InChI=1S/C24H34F2N8O4/c1-17(2)16-37-23(36)28-13-19-14-33(31-29-19)9-4-5-10-34-15-21(30-32-34)22(35)27-12-18-7-6-8-20(11-18)38-24(3,25)26/h6-8,11,14-15,17,30,32H,4-5,9-10,12-13,16H2,1-3H3,(H,27,35)(H,28,36). The number of nitrogens with one attached hydrogen (secondary N) is 4. The smallest absolute Gasteiger partial charge is 0.407 e. The predicted molar refractivity (Wildman–Crippen MR) is 133 cm³/mol. The predicted octanol–water partition coefficient (Wildman–Crippen LogP) is 2.41. The Hall–Kier alpha value is -3.94. The number of aromatic nitrogens is 3. The van der Waals surface area contributed by atoms with E-state index in [1.54, 1.807) is 34.2 Å². The number of nitrogens with zero attached hydrogens (tertiary/aromatic N) is 4. The molecule has 0 radical (unpaired) electrons. The molecule has 0 atom stereocenters. The number of alkyl halides is 2. The lowest BCUT2D eigenvalue weighted by molar-refractivity contribution is -0.159. The van der Waals surface area contributed by atoms with Crippen LogP contribution in [0.1, 0.15) is 44.9 Å². The minimum absolute atomic E-state index is 0.0240. The Morgan fingerprint density at radius 1 is 1.16 bits per heavy atom. The van der Waals surface area contributed by atoms with Crippen molar-refractivity contribution in [2.24, 2.45) is 5.92 Å². The fourth-order valence-corrected chi connectivity index (χ4v) is 3.33. The fourth-order valence-electron chi connectivity index (χ4n) is 3.33. The van der Waals surface area contributed by atoms with Gasteiger partial charge in [-0.05, 0) is 36.5 Å². The second-order valence-corrected chi connectivity index (χ2v) is 9.24. The van der Waals surface area contributed by atoms with Gasteiger partial charge >= 0.3 is 12.2 Å². The highest BCUT2D eigenvalue weighted by Gasteiger charge is 2.23. The maximum atomic E-state index is 13.0. The first-order chi connectivity index (χ1) is 18.1. The Labute approximate surface area is 219 Å². The van der Waals surface area contributed by atoms with Crippen LogP contribution in [0.4, 0.5) is 13.6 Å². The average Bonchev–Trinajstić information content (AvgIpc) is 3.51. The van der Waals surface area contributed by atoms with Gasteiger partial charge in [0.25, 0.3) is 5.91 Å². The topological polar surface area (TPSA) is 135 Å². The molecule has 12 nitrogen and oxygen atoms in total. The highest BCUT2D eigenvalue weighted by atomic mass is 19.3. The second kappa shape index (κ2) is 13.6. The van der Waals surface area contributed by atoms with Crippen molar-refractivity contribution in [2.75, 3.05) is 13.2 Å². The summed E-state index contributed by atoms with van der Waals surface area (Å²) in [5, 5.41) is 15.2. The van der Waals surface area contributed by atoms with Gasteiger partial charge < -0.3 is 20.1 Å². The van der Waals surface area contributed by atoms with Gasteiger partial charge in [-0.1, -0.05) is 31.2 Å². The number of carbonyl (C=O) groups excluding carboxylic acids is 2. The Morgan fingerprint density at radius 2 is 1.95 bits per heavy atom. The van der Waals surface area contributed by atoms with Crippen molar-refractivity contribution in [2.45, 2.75) is 59.4 Å². The van der Waals surface area contributed by atoms with Crippen LogP contribution in [0.2, 0.25) is 0 Å². The highest BCUT2D eigenvalue weighted by molar-refractivity contribution is 5.92. The molecule has 208 valence electrons. The van der Waals surface area contributed by atoms with E-state index in [-0.39, 0.29) is 30.7 Å². The third kappa shape index (κ3) is 10.2. The van der Waals surface area contributed by atoms with Crippen LogP contribution in [-0.4, -0.2) is 51.3 Å². The molecule has 14 heteroatoms. The number of halogens is 2. The van der Waals surface area contributed by atoms with Gasteiger partial charge in [0.05, 0.1) is 19.3 Å². The minimum atomic E-state index is -3.28. The molecule has 1 aliphatic rings. The number of carbonyl (C=O) groups is 2. The Kier molecular flexibility index (Phi) is 10.2. The summed E-state index contributed by atoms with van der Waals surface area (Å²) in [6.45, 7) is 6.62. The zero-order valence-electron chi connectivity index (χ0n) is 21.7. The van der Waals surface area contributed by atoms with Gasteiger partial charge in [0.2, 0.25) is 0 Å². The number of benzene rings is 1. The Morgan fingerprint density at radius 3 is 2.71 bits per heavy atom. The average molecular weight is 537 g/mol. The van der Waals surface area contributed by atoms with E-state index in [0.717, 1.165) is 12.8 Å². The summed E-state index contributed by atoms with van der Waals surface area (Å²) >= 11 is 0. The van der Waals surface area contributed by atoms with Crippen molar-refractivity contribution in [1.82, 2.24) is 41.6 Å². The molecule has 2 aromatic rings. The van der Waals surface area contributed by atoms with Crippen LogP contribution in [0, 0.1) is 5.92 Å². The monoisotopic (exact) mass is 536 g/mol. The summed E-state index contributed by atoms with van der Waals surface area (Å²) in [5.41, 5.74) is 7.32. The summed E-state index contributed by atoms with van der Waals surface area (Å²) in [7, 11) is 0. The largest absolute Gasteiger partial charge is 0.449 e. The molecule has 4 N–H and O–H groups in total. The van der Waals surface area contributed by atoms with Crippen LogP contribution in [0.25, 0.3) is 0 Å². The lowest BCUT2D eigenvalue weighted by Crippen LogP contribution is -2.39. The maximum Gasteiger partial charge on any atom is 0.407 e. The first-order valence-electron chi connectivity index (χ1n) is 12.3. The molecule has 38 heavy (non-hydrogen) atoms. The summed E-state index contributed by atoms with van der Waals surface area (Å²) < 4.78 is 37.4. The van der Waals surface area contributed by atoms with Gasteiger partial charge in [-0.2, -0.15) is 8.78 Å². The van der Waals surface area contributed by atoms with Crippen LogP contribution in [0.5, 0.6) is 5.75 Å². The van der Waals surface area contributed by atoms with Crippen molar-refractivity contribution in [3.63, 3.8) is 0 Å². The van der Waals surface area contributed by atoms with Crippen LogP contribution >= 0.6 is 0 Å². The first kappa shape index (κ1) is 28.6. The van der Waals surface area contributed by atoms with E-state index in [4.69, 9.17) is 4.74 Å². The van der Waals surface area contributed by atoms with Crippen molar-refractivity contribution >= 4 is 12.0 Å². The number of alkyl carbamates (subject to hydrolysis) is 1. The third-order valence-corrected chi connectivity index (χ3v) is 5.10. The second-order valence-electron chi connectivity index (χ2n) is 9.24. The summed E-state index contributed by atoms with van der Waals surface area (Å²) in [5.74, 6) is -0.0517. The summed E-state index contributed by atoms with van der Waals surface area (Å²) in [6.07, 6.45) is 1.29. The molecule has 2 amide bonds. The van der Waals surface area contributed by atoms with E-state index >= 15 is 0 Å². The molecule has 0 spiro atoms. The van der Waals surface area contributed by atoms with E-state index < -0.39 is 12.2 Å². The number of hydrogen-bond acceptors (Lipinski definition) is 9. The van der Waals surface area contributed by atoms with Gasteiger partial charge in [0.1, 0.15) is 17.1 Å². The lowest BCUT2D eigenvalue weighted by Gasteiger charge is -2.14. The molecule has 0 saturated carbocycles. The Balaban J connectivity index is 1.33. The maximum absolute atomic E-state index is 13.0. The van der Waals surface area contributed by atoms with Crippen LogP contribution in [0.15, 0.2) is 42.4 Å². The molecular weight excluding hydrogens is 502 g/mol. The number of unbranched alkanes of at least 4 members (excludes halogenated alkanes) is 1. The van der Waals surface area contributed by atoms with Crippen molar-refractivity contribution < 1.29 is 27.8 Å². The Bertz CT molecular complexity index is 1100. The van der Waals surface area contributed by atoms with Crippen LogP contribution < -0.4 is 26.3 Å². The quantitative estimate of drug-likeness (QED) is 0.269. The van der Waals surface area contributed by atoms with Gasteiger partial charge in [0, 0.05) is 32.8 Å². The van der Waals surface area contributed by atoms with Crippen molar-refractivity contribution in [3.8, 4) is 5.75 Å². The summed E-state index contributed by atoms with van der Waals surface area (Å²) in [6, 6.07) is 6.17. The van der Waals surface area contributed by atoms with Gasteiger partial charge in [-0.25, -0.2) is 4.79 Å². The fraction of sp³-hybridized carbons (Fsp3) is 0.500. The summed E-state index contributed by atoms with van der Waals surface area (Å²) in [4.78, 5) is 24.1. The number of amides is 2. The molecule has 3 rings (SSSR count). The zero-order chi connectivity index (χ0) is 27.5. The van der Waals surface area contributed by atoms with Crippen LogP contribution in [0.3, 0.4) is 0 Å². The number of hydrogen-bond donors (Lipinski definition) is 4. The van der Waals surface area contributed by atoms with Gasteiger partial charge in [-0.3, -0.25) is 19.9 Å². The van der Waals surface area contributed by atoms with E-state index in [9.17, 15) is 18.4 Å². The van der Waals surface area contributed by atoms with Crippen molar-refractivity contribution in [1.29, 1.82) is 0 Å². The lowest BCUT2D eigenvalue weighted by atomic mass is 10.2. The van der Waals surface area contributed by atoms with Crippen molar-refractivity contribution in [3.05, 3.63) is 53.6 Å². The molecule has 1 aromatic carbocycles. The molecule has 0 saturated heterocycles. The molecule has 1 aromatic heterocycles. The van der Waals surface area contributed by atoms with Gasteiger partial charge in [0.15, 0.2) is 0 Å². The molecule has 0 aliphatic carbocycles. The number of hydrazine groups is 2. The number of ether oxygens (including phenoxy) is 2. The third-order valence-electron chi connectivity index (χ3n) is 5.10.